The van der Waals surface area contributed by atoms with Crippen LogP contribution in [-0.4, -0.2) is 63.5 Å². The van der Waals surface area contributed by atoms with Crippen molar-refractivity contribution in [3.05, 3.63) is 35.8 Å². The molecule has 0 spiro atoms. The van der Waals surface area contributed by atoms with Crippen LogP contribution >= 0.6 is 11.3 Å². The molecule has 2 aromatic rings. The van der Waals surface area contributed by atoms with E-state index in [4.69, 9.17) is 19.2 Å². The molecule has 0 radical (unpaired) electrons. The van der Waals surface area contributed by atoms with Crippen LogP contribution < -0.4 is 9.80 Å². The van der Waals surface area contributed by atoms with Crippen molar-refractivity contribution in [1.82, 2.24) is 4.98 Å². The zero-order chi connectivity index (χ0) is 18.6. The number of fused-ring (bicyclic) bond motifs is 1. The van der Waals surface area contributed by atoms with Crippen LogP contribution in [0.2, 0.25) is 0 Å². The van der Waals surface area contributed by atoms with E-state index in [0.717, 1.165) is 43.1 Å². The van der Waals surface area contributed by atoms with E-state index in [2.05, 4.69) is 13.0 Å². The van der Waals surface area contributed by atoms with Gasteiger partial charge in [-0.15, -0.1) is 0 Å². The maximum atomic E-state index is 13.1. The minimum absolute atomic E-state index is 0.196. The number of thiazole rings is 1. The predicted molar refractivity (Wildman–Crippen MR) is 103 cm³/mol. The lowest BCUT2D eigenvalue weighted by molar-refractivity contribution is -0.906. The minimum Gasteiger partial charge on any atom is -0.494 e. The van der Waals surface area contributed by atoms with Crippen molar-refractivity contribution < 1.29 is 23.9 Å². The van der Waals surface area contributed by atoms with E-state index in [1.165, 1.54) is 28.1 Å². The summed E-state index contributed by atoms with van der Waals surface area (Å²) in [7, 11) is 0. The second-order valence-electron chi connectivity index (χ2n) is 6.74. The Hall–Kier alpha value is -2.16. The zero-order valence-electron chi connectivity index (χ0n) is 15.4. The van der Waals surface area contributed by atoms with Gasteiger partial charge in [0.05, 0.1) is 36.5 Å². The quantitative estimate of drug-likeness (QED) is 0.816. The number of ether oxygens (including phenoxy) is 3. The lowest BCUT2D eigenvalue weighted by atomic mass is 10.2. The van der Waals surface area contributed by atoms with Gasteiger partial charge in [0.2, 0.25) is 5.76 Å². The third-order valence-electron chi connectivity index (χ3n) is 4.76. The maximum Gasteiger partial charge on any atom is 0.298 e. The summed E-state index contributed by atoms with van der Waals surface area (Å²) in [4.78, 5) is 21.0. The number of anilines is 1. The molecule has 2 aliphatic rings. The Morgan fingerprint density at radius 2 is 2.11 bits per heavy atom. The summed E-state index contributed by atoms with van der Waals surface area (Å²) in [5.41, 5.74) is 2.09. The molecule has 1 amide bonds. The van der Waals surface area contributed by atoms with Gasteiger partial charge in [-0.05, 0) is 24.6 Å². The molecule has 4 rings (SSSR count). The van der Waals surface area contributed by atoms with Crippen molar-refractivity contribution in [2.24, 2.45) is 0 Å². The van der Waals surface area contributed by atoms with Gasteiger partial charge in [-0.25, -0.2) is 4.98 Å². The van der Waals surface area contributed by atoms with Crippen LogP contribution in [-0.2, 0) is 19.0 Å². The molecule has 8 heteroatoms. The third-order valence-corrected chi connectivity index (χ3v) is 5.80. The van der Waals surface area contributed by atoms with Gasteiger partial charge < -0.3 is 19.1 Å². The Labute approximate surface area is 162 Å². The molecule has 2 aliphatic heterocycles. The normalized spacial score (nSPS) is 17.9. The number of hydrogen-bond acceptors (Lipinski definition) is 6. The van der Waals surface area contributed by atoms with Gasteiger partial charge in [0.25, 0.3) is 5.91 Å². The summed E-state index contributed by atoms with van der Waals surface area (Å²) in [6, 6.07) is 6.14. The molecule has 3 heterocycles. The number of amides is 1. The molecule has 1 aromatic heterocycles. The summed E-state index contributed by atoms with van der Waals surface area (Å²) in [5, 5.41) is 0.698. The highest BCUT2D eigenvalue weighted by molar-refractivity contribution is 7.22. The Kier molecular flexibility index (Phi) is 5.56. The van der Waals surface area contributed by atoms with E-state index < -0.39 is 0 Å². The molecular weight excluding hydrogens is 366 g/mol. The first-order chi connectivity index (χ1) is 13.2. The third kappa shape index (κ3) is 4.23. The molecule has 1 aromatic carbocycles. The molecule has 1 saturated heterocycles. The first kappa shape index (κ1) is 18.2. The highest BCUT2D eigenvalue weighted by atomic mass is 32.1. The Balaban J connectivity index is 1.59. The van der Waals surface area contributed by atoms with E-state index >= 15 is 0 Å². The average molecular weight is 390 g/mol. The molecule has 0 atom stereocenters. The van der Waals surface area contributed by atoms with Gasteiger partial charge in [-0.1, -0.05) is 17.4 Å². The van der Waals surface area contributed by atoms with Gasteiger partial charge in [-0.2, -0.15) is 0 Å². The van der Waals surface area contributed by atoms with Gasteiger partial charge in [0, 0.05) is 0 Å². The number of aromatic nitrogens is 1. The monoisotopic (exact) mass is 390 g/mol. The van der Waals surface area contributed by atoms with Crippen LogP contribution in [0.1, 0.15) is 5.56 Å². The summed E-state index contributed by atoms with van der Waals surface area (Å²) < 4.78 is 17.3. The molecule has 1 fully saturated rings. The Bertz CT molecular complexity index is 845. The van der Waals surface area contributed by atoms with Crippen LogP contribution in [0, 0.1) is 6.92 Å². The van der Waals surface area contributed by atoms with Crippen LogP contribution in [0.3, 0.4) is 0 Å². The summed E-state index contributed by atoms with van der Waals surface area (Å²) in [6.45, 7) is 7.80. The molecule has 144 valence electrons. The fourth-order valence-corrected chi connectivity index (χ4v) is 4.30. The van der Waals surface area contributed by atoms with E-state index in [1.807, 2.05) is 12.1 Å². The van der Waals surface area contributed by atoms with Crippen molar-refractivity contribution in [3.8, 4) is 0 Å². The summed E-state index contributed by atoms with van der Waals surface area (Å²) in [6.07, 6.45) is 1.41. The average Bonchev–Trinajstić information content (AvgIpc) is 3.12. The standard InChI is InChI=1S/C19H23N3O4S/c1-14-2-3-15-17(12-14)27-19(20-15)22(5-4-21-6-8-24-9-7-21)18(23)16-13-25-10-11-26-16/h2-3,12-13H,4-11H2,1H3/p+1. The highest BCUT2D eigenvalue weighted by Crippen LogP contribution is 2.30. The number of nitrogens with zero attached hydrogens (tertiary/aromatic N) is 2. The number of benzene rings is 1. The number of aryl methyl sites for hydroxylation is 1. The Morgan fingerprint density at radius 1 is 1.26 bits per heavy atom. The van der Waals surface area contributed by atoms with Crippen molar-refractivity contribution in [3.63, 3.8) is 0 Å². The second kappa shape index (κ2) is 8.24. The fraction of sp³-hybridized carbons (Fsp3) is 0.474. The number of carbonyl (C=O) groups excluding carboxylic acids is 1. The highest BCUT2D eigenvalue weighted by Gasteiger charge is 2.27. The SMILES string of the molecule is Cc1ccc2nc(N(CC[NH+]3CCOCC3)C(=O)C3=COCCO3)sc2c1. The number of nitrogens with one attached hydrogen (secondary N) is 1. The largest absolute Gasteiger partial charge is 0.494 e. The van der Waals surface area contributed by atoms with Crippen LogP contribution in [0.25, 0.3) is 10.2 Å². The number of rotatable bonds is 5. The summed E-state index contributed by atoms with van der Waals surface area (Å²) >= 11 is 1.53. The molecule has 7 nitrogen and oxygen atoms in total. The van der Waals surface area contributed by atoms with Gasteiger partial charge in [-0.3, -0.25) is 9.69 Å². The van der Waals surface area contributed by atoms with Crippen molar-refractivity contribution in [1.29, 1.82) is 0 Å². The lowest BCUT2D eigenvalue weighted by Crippen LogP contribution is -3.14. The van der Waals surface area contributed by atoms with Crippen molar-refractivity contribution in [2.75, 3.05) is 57.5 Å². The van der Waals surface area contributed by atoms with Crippen molar-refractivity contribution in [2.45, 2.75) is 6.92 Å². The van der Waals surface area contributed by atoms with Crippen LogP contribution in [0.5, 0.6) is 0 Å². The van der Waals surface area contributed by atoms with Gasteiger partial charge in [0.15, 0.2) is 5.13 Å². The Morgan fingerprint density at radius 3 is 2.89 bits per heavy atom. The molecule has 0 saturated carbocycles. The van der Waals surface area contributed by atoms with E-state index in [9.17, 15) is 4.79 Å². The molecular formula is C19H24N3O4S+. The molecule has 0 unspecified atom stereocenters. The zero-order valence-corrected chi connectivity index (χ0v) is 16.2. The molecule has 27 heavy (non-hydrogen) atoms. The lowest BCUT2D eigenvalue weighted by Gasteiger charge is -2.27. The topological polar surface area (TPSA) is 65.3 Å². The first-order valence-corrected chi connectivity index (χ1v) is 10.1. The molecule has 0 bridgehead atoms. The van der Waals surface area contributed by atoms with Gasteiger partial charge >= 0.3 is 0 Å². The fourth-order valence-electron chi connectivity index (χ4n) is 3.21. The number of hydrogen-bond donors (Lipinski definition) is 1. The van der Waals surface area contributed by atoms with Crippen LogP contribution in [0.4, 0.5) is 5.13 Å². The van der Waals surface area contributed by atoms with E-state index in [-0.39, 0.29) is 11.7 Å². The van der Waals surface area contributed by atoms with E-state index in [1.54, 1.807) is 4.90 Å². The van der Waals surface area contributed by atoms with Gasteiger partial charge in [0.1, 0.15) is 32.6 Å². The smallest absolute Gasteiger partial charge is 0.298 e. The predicted octanol–water partition coefficient (Wildman–Crippen LogP) is 0.741. The van der Waals surface area contributed by atoms with Crippen molar-refractivity contribution >= 4 is 32.6 Å². The number of morpholine rings is 1. The number of quaternary nitrogens is 1. The molecule has 1 N–H and O–H groups in total. The first-order valence-electron chi connectivity index (χ1n) is 9.25. The summed E-state index contributed by atoms with van der Waals surface area (Å²) in [5.74, 6) is 0.0480. The maximum absolute atomic E-state index is 13.1. The number of carbonyl (C=O) groups is 1. The van der Waals surface area contributed by atoms with Crippen LogP contribution in [0.15, 0.2) is 30.2 Å². The second-order valence-corrected chi connectivity index (χ2v) is 7.75. The minimum atomic E-state index is -0.196. The molecule has 0 aliphatic carbocycles. The van der Waals surface area contributed by atoms with E-state index in [0.29, 0.717) is 24.9 Å².